The molecule has 200 valence electrons. The summed E-state index contributed by atoms with van der Waals surface area (Å²) in [6.07, 6.45) is 0.913. The zero-order valence-electron chi connectivity index (χ0n) is 21.3. The Hall–Kier alpha value is -4.73. The van der Waals surface area contributed by atoms with Crippen LogP contribution >= 0.6 is 0 Å². The molecule has 0 saturated heterocycles. The van der Waals surface area contributed by atoms with Crippen LogP contribution in [0.3, 0.4) is 0 Å². The van der Waals surface area contributed by atoms with E-state index in [-0.39, 0.29) is 16.8 Å². The van der Waals surface area contributed by atoms with Crippen molar-refractivity contribution in [1.29, 1.82) is 0 Å². The second kappa shape index (κ2) is 10.1. The fourth-order valence-electron chi connectivity index (χ4n) is 5.30. The molecule has 0 bridgehead atoms. The monoisotopic (exact) mass is 551 g/mol. The molecule has 8 nitrogen and oxygen atoms in total. The van der Waals surface area contributed by atoms with E-state index in [1.54, 1.807) is 53.4 Å². The van der Waals surface area contributed by atoms with Gasteiger partial charge in [0.15, 0.2) is 5.03 Å². The molecule has 6 rings (SSSR count). The number of carbonyl (C=O) groups excluding carboxylic acids is 2. The van der Waals surface area contributed by atoms with E-state index in [2.05, 4.69) is 10.3 Å². The van der Waals surface area contributed by atoms with Gasteiger partial charge in [-0.15, -0.1) is 0 Å². The first-order chi connectivity index (χ1) is 19.3. The minimum Gasteiger partial charge on any atom is -0.343 e. The Balaban J connectivity index is 1.26. The van der Waals surface area contributed by atoms with E-state index in [1.165, 1.54) is 0 Å². The lowest BCUT2D eigenvalue weighted by molar-refractivity contribution is 0.0986. The van der Waals surface area contributed by atoms with Crippen molar-refractivity contribution >= 4 is 44.2 Å². The van der Waals surface area contributed by atoms with Gasteiger partial charge in [-0.25, -0.2) is 0 Å². The predicted octanol–water partition coefficient (Wildman–Crippen LogP) is 5.93. The Morgan fingerprint density at radius 1 is 0.850 bits per heavy atom. The maximum absolute atomic E-state index is 13.6. The van der Waals surface area contributed by atoms with Crippen LogP contribution in [0.4, 0.5) is 11.4 Å². The molecule has 0 fully saturated rings. The van der Waals surface area contributed by atoms with Gasteiger partial charge in [-0.3, -0.25) is 14.1 Å². The maximum Gasteiger partial charge on any atom is 0.310 e. The van der Waals surface area contributed by atoms with Gasteiger partial charge in [0, 0.05) is 39.8 Å². The van der Waals surface area contributed by atoms with Crippen molar-refractivity contribution in [3.8, 4) is 11.1 Å². The number of hydrogen-bond acceptors (Lipinski definition) is 4. The summed E-state index contributed by atoms with van der Waals surface area (Å²) in [6, 6.07) is 29.0. The Morgan fingerprint density at radius 3 is 2.33 bits per heavy atom. The Bertz CT molecular complexity index is 1860. The molecule has 2 heterocycles. The largest absolute Gasteiger partial charge is 0.343 e. The number of aromatic amines is 1. The van der Waals surface area contributed by atoms with Crippen molar-refractivity contribution < 1.29 is 22.6 Å². The van der Waals surface area contributed by atoms with Gasteiger partial charge >= 0.3 is 10.1 Å². The van der Waals surface area contributed by atoms with Crippen LogP contribution in [0.15, 0.2) is 102 Å². The number of aromatic nitrogens is 1. The second-order valence-electron chi connectivity index (χ2n) is 9.61. The van der Waals surface area contributed by atoms with Crippen LogP contribution in [0.2, 0.25) is 0 Å². The molecule has 40 heavy (non-hydrogen) atoms. The van der Waals surface area contributed by atoms with Gasteiger partial charge in [0.1, 0.15) is 0 Å². The van der Waals surface area contributed by atoms with Crippen LogP contribution in [0.1, 0.15) is 32.7 Å². The summed E-state index contributed by atoms with van der Waals surface area (Å²) < 4.78 is 33.7. The van der Waals surface area contributed by atoms with Gasteiger partial charge in [-0.2, -0.15) is 8.42 Å². The molecular formula is C31H25N3O5S. The van der Waals surface area contributed by atoms with Crippen LogP contribution in [0, 0.1) is 0 Å². The summed E-state index contributed by atoms with van der Waals surface area (Å²) in [5.74, 6) is -0.505. The lowest BCUT2D eigenvalue weighted by Crippen LogP contribution is -2.31. The highest BCUT2D eigenvalue weighted by Crippen LogP contribution is 2.37. The van der Waals surface area contributed by atoms with E-state index in [9.17, 15) is 22.6 Å². The van der Waals surface area contributed by atoms with Crippen LogP contribution in [-0.4, -0.2) is 36.3 Å². The fourth-order valence-corrected chi connectivity index (χ4v) is 6.06. The van der Waals surface area contributed by atoms with Crippen LogP contribution < -0.4 is 10.2 Å². The lowest BCUT2D eigenvalue weighted by atomic mass is 9.99. The lowest BCUT2D eigenvalue weighted by Gasteiger charge is -2.22. The molecule has 9 heteroatoms. The summed E-state index contributed by atoms with van der Waals surface area (Å²) in [5, 5.41) is 3.31. The number of nitrogens with one attached hydrogen (secondary N) is 2. The minimum absolute atomic E-state index is 0.224. The maximum atomic E-state index is 13.6. The van der Waals surface area contributed by atoms with E-state index in [0.29, 0.717) is 58.4 Å². The van der Waals surface area contributed by atoms with E-state index >= 15 is 0 Å². The molecule has 0 unspecified atom stereocenters. The molecule has 2 amide bonds. The number of H-pyrrole nitrogens is 1. The second-order valence-corrected chi connectivity index (χ2v) is 11.0. The predicted molar refractivity (Wildman–Crippen MR) is 154 cm³/mol. The summed E-state index contributed by atoms with van der Waals surface area (Å²) in [7, 11) is -4.44. The van der Waals surface area contributed by atoms with Gasteiger partial charge in [-0.1, -0.05) is 54.6 Å². The number of nitrogens with zero attached hydrogens (tertiary/aromatic N) is 1. The molecule has 0 spiro atoms. The van der Waals surface area contributed by atoms with Crippen molar-refractivity contribution in [1.82, 2.24) is 4.98 Å². The van der Waals surface area contributed by atoms with E-state index in [1.807, 2.05) is 48.5 Å². The molecule has 0 radical (unpaired) electrons. The molecule has 3 N–H and O–H groups in total. The van der Waals surface area contributed by atoms with Crippen LogP contribution in [0.5, 0.6) is 0 Å². The minimum atomic E-state index is -4.44. The normalized spacial score (nSPS) is 13.2. The van der Waals surface area contributed by atoms with E-state index in [4.69, 9.17) is 0 Å². The Kier molecular flexibility index (Phi) is 6.45. The molecule has 1 aliphatic rings. The molecule has 0 atom stereocenters. The number of carbonyl (C=O) groups is 2. The number of hydrogen-bond donors (Lipinski definition) is 3. The van der Waals surface area contributed by atoms with Gasteiger partial charge in [0.25, 0.3) is 11.8 Å². The van der Waals surface area contributed by atoms with Crippen LogP contribution in [0.25, 0.3) is 22.0 Å². The van der Waals surface area contributed by atoms with Crippen molar-refractivity contribution in [2.24, 2.45) is 0 Å². The Labute approximate surface area is 231 Å². The summed E-state index contributed by atoms with van der Waals surface area (Å²) in [6.45, 7) is 0.381. The Morgan fingerprint density at radius 2 is 1.57 bits per heavy atom. The molecule has 1 aliphatic heterocycles. The highest BCUT2D eigenvalue weighted by molar-refractivity contribution is 7.85. The van der Waals surface area contributed by atoms with E-state index < -0.39 is 10.1 Å². The number of aryl methyl sites for hydroxylation is 1. The summed E-state index contributed by atoms with van der Waals surface area (Å²) in [4.78, 5) is 31.2. The topological polar surface area (TPSA) is 120 Å². The van der Waals surface area contributed by atoms with Gasteiger partial charge in [0.2, 0.25) is 0 Å². The summed E-state index contributed by atoms with van der Waals surface area (Å²) >= 11 is 0. The highest BCUT2D eigenvalue weighted by atomic mass is 32.2. The third kappa shape index (κ3) is 4.66. The number of amides is 2. The third-order valence-corrected chi connectivity index (χ3v) is 7.98. The SMILES string of the molecule is O=C(Nc1ccc(C(=O)N2CCCc3c(S(=O)(=O)O)[nH]c4cccc2c34)cc1)c1ccccc1-c1ccccc1. The highest BCUT2D eigenvalue weighted by Gasteiger charge is 2.29. The first-order valence-electron chi connectivity index (χ1n) is 12.8. The van der Waals surface area contributed by atoms with Gasteiger partial charge in [-0.05, 0) is 66.4 Å². The first-order valence-corrected chi connectivity index (χ1v) is 14.2. The van der Waals surface area contributed by atoms with Crippen molar-refractivity contribution in [3.05, 3.63) is 114 Å². The third-order valence-electron chi connectivity index (χ3n) is 7.12. The van der Waals surface area contributed by atoms with Crippen molar-refractivity contribution in [3.63, 3.8) is 0 Å². The van der Waals surface area contributed by atoms with Crippen LogP contribution in [-0.2, 0) is 16.5 Å². The van der Waals surface area contributed by atoms with Crippen molar-refractivity contribution in [2.75, 3.05) is 16.8 Å². The molecule has 4 aromatic carbocycles. The van der Waals surface area contributed by atoms with Crippen molar-refractivity contribution in [2.45, 2.75) is 17.9 Å². The number of benzene rings is 4. The molecular weight excluding hydrogens is 526 g/mol. The fraction of sp³-hybridized carbons (Fsp3) is 0.0968. The number of rotatable bonds is 5. The zero-order valence-corrected chi connectivity index (χ0v) is 22.1. The first kappa shape index (κ1) is 25.5. The molecule has 5 aromatic rings. The molecule has 1 aromatic heterocycles. The average molecular weight is 552 g/mol. The smallest absolute Gasteiger partial charge is 0.310 e. The molecule has 0 saturated carbocycles. The average Bonchev–Trinajstić information content (AvgIpc) is 3.24. The van der Waals surface area contributed by atoms with Gasteiger partial charge < -0.3 is 15.2 Å². The number of anilines is 2. The quantitative estimate of drug-likeness (QED) is 0.234. The van der Waals surface area contributed by atoms with E-state index in [0.717, 1.165) is 11.1 Å². The zero-order chi connectivity index (χ0) is 27.9. The standard InChI is InChI=1S/C31H25N3O5S/c35-29(24-11-5-4-10-23(24)20-8-2-1-3-9-20)32-22-17-15-21(16-18-22)31(36)34-19-7-12-25-28-26(13-6-14-27(28)34)33-30(25)40(37,38)39/h1-6,8-11,13-18,33H,7,12,19H2,(H,32,35)(H,37,38,39). The van der Waals surface area contributed by atoms with Gasteiger partial charge in [0.05, 0.1) is 5.69 Å². The molecule has 0 aliphatic carbocycles. The summed E-state index contributed by atoms with van der Waals surface area (Å²) in [5.41, 5.74) is 4.88.